The van der Waals surface area contributed by atoms with Crippen molar-refractivity contribution in [1.29, 1.82) is 0 Å². The fourth-order valence-corrected chi connectivity index (χ4v) is 3.18. The Kier molecular flexibility index (Phi) is 8.24. The van der Waals surface area contributed by atoms with Crippen molar-refractivity contribution in [2.75, 3.05) is 13.6 Å². The van der Waals surface area contributed by atoms with Crippen molar-refractivity contribution in [2.24, 2.45) is 16.7 Å². The summed E-state index contributed by atoms with van der Waals surface area (Å²) in [5.74, 6) is 0.597. The van der Waals surface area contributed by atoms with Gasteiger partial charge in [0.1, 0.15) is 0 Å². The SMILES string of the molecule is C=C(C(C)CCN(C)C(CCC)C(C)(C)CC)C(C)(C)C. The highest BCUT2D eigenvalue weighted by molar-refractivity contribution is 5.08. The van der Waals surface area contributed by atoms with Crippen molar-refractivity contribution in [1.82, 2.24) is 4.90 Å². The minimum absolute atomic E-state index is 0.226. The van der Waals surface area contributed by atoms with Crippen molar-refractivity contribution >= 4 is 0 Å². The van der Waals surface area contributed by atoms with Crippen LogP contribution in [0, 0.1) is 16.7 Å². The van der Waals surface area contributed by atoms with Crippen LogP contribution >= 0.6 is 0 Å². The Hall–Kier alpha value is -0.300. The van der Waals surface area contributed by atoms with Gasteiger partial charge in [-0.3, -0.25) is 0 Å². The van der Waals surface area contributed by atoms with Gasteiger partial charge >= 0.3 is 0 Å². The van der Waals surface area contributed by atoms with Gasteiger partial charge in [-0.2, -0.15) is 0 Å². The van der Waals surface area contributed by atoms with Crippen LogP contribution in [-0.4, -0.2) is 24.5 Å². The highest BCUT2D eigenvalue weighted by Crippen LogP contribution is 2.34. The molecule has 0 N–H and O–H groups in total. The fraction of sp³-hybridized carbons (Fsp3) is 0.900. The predicted molar refractivity (Wildman–Crippen MR) is 97.8 cm³/mol. The lowest BCUT2D eigenvalue weighted by Gasteiger charge is -2.41. The fourth-order valence-electron chi connectivity index (χ4n) is 3.18. The molecule has 0 radical (unpaired) electrons. The van der Waals surface area contributed by atoms with Gasteiger partial charge in [0.25, 0.3) is 0 Å². The van der Waals surface area contributed by atoms with Crippen LogP contribution in [0.25, 0.3) is 0 Å². The van der Waals surface area contributed by atoms with Crippen LogP contribution in [0.5, 0.6) is 0 Å². The average molecular weight is 296 g/mol. The lowest BCUT2D eigenvalue weighted by atomic mass is 9.77. The minimum Gasteiger partial charge on any atom is -0.303 e. The highest BCUT2D eigenvalue weighted by Gasteiger charge is 2.30. The number of hydrogen-bond acceptors (Lipinski definition) is 1. The Labute approximate surface area is 135 Å². The molecule has 0 aromatic rings. The highest BCUT2D eigenvalue weighted by atomic mass is 15.1. The molecule has 0 aromatic carbocycles. The first-order valence-electron chi connectivity index (χ1n) is 8.86. The lowest BCUT2D eigenvalue weighted by Crippen LogP contribution is -2.43. The molecule has 0 bridgehead atoms. The van der Waals surface area contributed by atoms with Crippen molar-refractivity contribution in [2.45, 2.75) is 87.1 Å². The second kappa shape index (κ2) is 8.36. The second-order valence-electron chi connectivity index (χ2n) is 8.59. The van der Waals surface area contributed by atoms with Crippen molar-refractivity contribution in [3.8, 4) is 0 Å². The summed E-state index contributed by atoms with van der Waals surface area (Å²) in [6.07, 6.45) is 5.02. The zero-order valence-corrected chi connectivity index (χ0v) is 16.3. The van der Waals surface area contributed by atoms with Gasteiger partial charge in [0.05, 0.1) is 0 Å². The summed E-state index contributed by atoms with van der Waals surface area (Å²) in [6, 6.07) is 0.683. The molecule has 0 heterocycles. The second-order valence-corrected chi connectivity index (χ2v) is 8.59. The van der Waals surface area contributed by atoms with Crippen LogP contribution in [-0.2, 0) is 0 Å². The van der Waals surface area contributed by atoms with E-state index >= 15 is 0 Å². The first-order chi connectivity index (χ1) is 9.47. The first kappa shape index (κ1) is 20.7. The van der Waals surface area contributed by atoms with E-state index in [9.17, 15) is 0 Å². The molecular formula is C20H41N. The van der Waals surface area contributed by atoms with Crippen molar-refractivity contribution in [3.05, 3.63) is 12.2 Å². The molecule has 126 valence electrons. The molecule has 0 rings (SSSR count). The first-order valence-corrected chi connectivity index (χ1v) is 8.86. The maximum atomic E-state index is 4.33. The molecule has 0 aromatic heterocycles. The third-order valence-corrected chi connectivity index (χ3v) is 5.38. The third-order valence-electron chi connectivity index (χ3n) is 5.38. The molecule has 0 spiro atoms. The van der Waals surface area contributed by atoms with Gasteiger partial charge in [0, 0.05) is 6.04 Å². The van der Waals surface area contributed by atoms with E-state index in [0.717, 1.165) is 0 Å². The molecule has 21 heavy (non-hydrogen) atoms. The number of rotatable bonds is 9. The van der Waals surface area contributed by atoms with Gasteiger partial charge in [-0.1, -0.05) is 74.0 Å². The molecular weight excluding hydrogens is 254 g/mol. The summed E-state index contributed by atoms with van der Waals surface area (Å²) in [7, 11) is 2.31. The zero-order chi connectivity index (χ0) is 16.8. The molecule has 0 fully saturated rings. The monoisotopic (exact) mass is 295 g/mol. The van der Waals surface area contributed by atoms with Gasteiger partial charge < -0.3 is 4.90 Å². The zero-order valence-electron chi connectivity index (χ0n) is 16.3. The van der Waals surface area contributed by atoms with Gasteiger partial charge in [0.15, 0.2) is 0 Å². The van der Waals surface area contributed by atoms with Crippen LogP contribution in [0.3, 0.4) is 0 Å². The molecule has 1 nitrogen and oxygen atoms in total. The Morgan fingerprint density at radius 2 is 1.57 bits per heavy atom. The summed E-state index contributed by atoms with van der Waals surface area (Å²) < 4.78 is 0. The Bertz CT molecular complexity index is 308. The molecule has 0 aliphatic heterocycles. The topological polar surface area (TPSA) is 3.24 Å². The van der Waals surface area contributed by atoms with Crippen LogP contribution in [0.2, 0.25) is 0 Å². The van der Waals surface area contributed by atoms with Crippen LogP contribution in [0.4, 0.5) is 0 Å². The van der Waals surface area contributed by atoms with Crippen LogP contribution < -0.4 is 0 Å². The molecule has 0 saturated heterocycles. The van der Waals surface area contributed by atoms with Gasteiger partial charge in [0.2, 0.25) is 0 Å². The van der Waals surface area contributed by atoms with E-state index in [1.807, 2.05) is 0 Å². The maximum Gasteiger partial charge on any atom is 0.0143 e. The summed E-state index contributed by atoms with van der Waals surface area (Å²) in [5, 5.41) is 0. The van der Waals surface area contributed by atoms with E-state index in [1.54, 1.807) is 0 Å². The van der Waals surface area contributed by atoms with Gasteiger partial charge in [-0.05, 0) is 49.6 Å². The van der Waals surface area contributed by atoms with Gasteiger partial charge in [-0.25, -0.2) is 0 Å². The molecule has 2 unspecified atom stereocenters. The molecule has 2 atom stereocenters. The number of hydrogen-bond donors (Lipinski definition) is 0. The van der Waals surface area contributed by atoms with Crippen molar-refractivity contribution < 1.29 is 0 Å². The van der Waals surface area contributed by atoms with E-state index in [1.165, 1.54) is 37.8 Å². The Morgan fingerprint density at radius 3 is 1.95 bits per heavy atom. The van der Waals surface area contributed by atoms with Crippen LogP contribution in [0.1, 0.15) is 81.1 Å². The largest absolute Gasteiger partial charge is 0.303 e. The minimum atomic E-state index is 0.226. The Balaban J connectivity index is 4.65. The summed E-state index contributed by atoms with van der Waals surface area (Å²) >= 11 is 0. The number of nitrogens with zero attached hydrogens (tertiary/aromatic N) is 1. The molecule has 0 aliphatic rings. The summed E-state index contributed by atoms with van der Waals surface area (Å²) in [6.45, 7) is 24.1. The summed E-state index contributed by atoms with van der Waals surface area (Å²) in [5.41, 5.74) is 2.01. The smallest absolute Gasteiger partial charge is 0.0143 e. The average Bonchev–Trinajstić information content (AvgIpc) is 2.39. The lowest BCUT2D eigenvalue weighted by molar-refractivity contribution is 0.0944. The van der Waals surface area contributed by atoms with E-state index in [0.29, 0.717) is 17.4 Å². The van der Waals surface area contributed by atoms with E-state index in [4.69, 9.17) is 0 Å². The van der Waals surface area contributed by atoms with Crippen molar-refractivity contribution in [3.63, 3.8) is 0 Å². The summed E-state index contributed by atoms with van der Waals surface area (Å²) in [4.78, 5) is 2.60. The molecule has 0 aliphatic carbocycles. The van der Waals surface area contributed by atoms with E-state index < -0.39 is 0 Å². The normalized spacial score (nSPS) is 16.1. The van der Waals surface area contributed by atoms with E-state index in [2.05, 4.69) is 73.9 Å². The van der Waals surface area contributed by atoms with Gasteiger partial charge in [-0.15, -0.1) is 0 Å². The predicted octanol–water partition coefficient (Wildman–Crippen LogP) is 6.15. The standard InChI is InChI=1S/C20H41N/c1-11-13-18(20(8,9)12-2)21(10)15-14-16(3)17(4)19(5,6)7/h16,18H,4,11-15H2,1-3,5-10H3. The third kappa shape index (κ3) is 6.55. The van der Waals surface area contributed by atoms with Crippen LogP contribution in [0.15, 0.2) is 12.2 Å². The molecule has 0 saturated carbocycles. The molecule has 0 amide bonds. The maximum absolute atomic E-state index is 4.33. The Morgan fingerprint density at radius 1 is 1.05 bits per heavy atom. The number of allylic oxidation sites excluding steroid dienone is 1. The quantitative estimate of drug-likeness (QED) is 0.461. The molecule has 1 heteroatoms. The van der Waals surface area contributed by atoms with E-state index in [-0.39, 0.29) is 5.41 Å².